The SMILES string of the molecule is CCOc1ccc(C(=O)NCc2cc(OC)c(OC)c(OC)c2)cc1OC. The highest BCUT2D eigenvalue weighted by Crippen LogP contribution is 2.38. The van der Waals surface area contributed by atoms with Crippen LogP contribution >= 0.6 is 0 Å². The first-order chi connectivity index (χ1) is 13.1. The number of ether oxygens (including phenoxy) is 5. The Kier molecular flexibility index (Phi) is 7.16. The van der Waals surface area contributed by atoms with Gasteiger partial charge in [0, 0.05) is 12.1 Å². The van der Waals surface area contributed by atoms with Gasteiger partial charge in [0.25, 0.3) is 5.91 Å². The number of benzene rings is 2. The number of hydrogen-bond acceptors (Lipinski definition) is 6. The Hall–Kier alpha value is -3.09. The molecule has 146 valence electrons. The molecule has 27 heavy (non-hydrogen) atoms. The maximum Gasteiger partial charge on any atom is 0.251 e. The van der Waals surface area contributed by atoms with Crippen LogP contribution in [0.5, 0.6) is 28.7 Å². The molecular formula is C20H25NO6. The predicted molar refractivity (Wildman–Crippen MR) is 101 cm³/mol. The smallest absolute Gasteiger partial charge is 0.251 e. The van der Waals surface area contributed by atoms with Gasteiger partial charge in [-0.1, -0.05) is 0 Å². The number of carbonyl (C=O) groups excluding carboxylic acids is 1. The van der Waals surface area contributed by atoms with Gasteiger partial charge in [-0.2, -0.15) is 0 Å². The van der Waals surface area contributed by atoms with Crippen LogP contribution in [0.3, 0.4) is 0 Å². The highest BCUT2D eigenvalue weighted by atomic mass is 16.5. The van der Waals surface area contributed by atoms with Crippen molar-refractivity contribution in [3.05, 3.63) is 41.5 Å². The fourth-order valence-corrected chi connectivity index (χ4v) is 2.61. The first-order valence-corrected chi connectivity index (χ1v) is 8.45. The fourth-order valence-electron chi connectivity index (χ4n) is 2.61. The van der Waals surface area contributed by atoms with Crippen LogP contribution in [0.2, 0.25) is 0 Å². The van der Waals surface area contributed by atoms with Crippen molar-refractivity contribution in [2.75, 3.05) is 35.0 Å². The molecule has 7 heteroatoms. The molecule has 0 aliphatic rings. The van der Waals surface area contributed by atoms with Gasteiger partial charge in [-0.25, -0.2) is 0 Å². The van der Waals surface area contributed by atoms with Gasteiger partial charge in [0.2, 0.25) is 5.75 Å². The Bertz CT molecular complexity index is 765. The van der Waals surface area contributed by atoms with E-state index in [2.05, 4.69) is 5.32 Å². The van der Waals surface area contributed by atoms with Crippen LogP contribution in [0.25, 0.3) is 0 Å². The van der Waals surface area contributed by atoms with E-state index < -0.39 is 0 Å². The third-order valence-electron chi connectivity index (χ3n) is 3.90. The zero-order chi connectivity index (χ0) is 19.8. The van der Waals surface area contributed by atoms with Crippen molar-refractivity contribution in [2.45, 2.75) is 13.5 Å². The fraction of sp³-hybridized carbons (Fsp3) is 0.350. The summed E-state index contributed by atoms with van der Waals surface area (Å²) < 4.78 is 26.7. The van der Waals surface area contributed by atoms with Crippen LogP contribution in [0.4, 0.5) is 0 Å². The van der Waals surface area contributed by atoms with E-state index in [1.54, 1.807) is 51.7 Å². The first-order valence-electron chi connectivity index (χ1n) is 8.45. The first kappa shape index (κ1) is 20.2. The van der Waals surface area contributed by atoms with Gasteiger partial charge < -0.3 is 29.0 Å². The largest absolute Gasteiger partial charge is 0.493 e. The molecule has 2 rings (SSSR count). The van der Waals surface area contributed by atoms with Crippen molar-refractivity contribution in [1.29, 1.82) is 0 Å². The molecule has 2 aromatic carbocycles. The predicted octanol–water partition coefficient (Wildman–Crippen LogP) is 3.05. The zero-order valence-corrected chi connectivity index (χ0v) is 16.3. The Labute approximate surface area is 159 Å². The van der Waals surface area contributed by atoms with Gasteiger partial charge in [0.05, 0.1) is 35.0 Å². The molecule has 0 saturated carbocycles. The summed E-state index contributed by atoms with van der Waals surface area (Å²) in [6, 6.07) is 8.64. The molecule has 0 aliphatic carbocycles. The van der Waals surface area contributed by atoms with Crippen LogP contribution in [-0.4, -0.2) is 41.0 Å². The number of nitrogens with one attached hydrogen (secondary N) is 1. The minimum absolute atomic E-state index is 0.231. The number of carbonyl (C=O) groups is 1. The summed E-state index contributed by atoms with van der Waals surface area (Å²) in [6.07, 6.45) is 0. The maximum atomic E-state index is 12.5. The monoisotopic (exact) mass is 375 g/mol. The number of rotatable bonds is 9. The van der Waals surface area contributed by atoms with Crippen LogP contribution in [0.15, 0.2) is 30.3 Å². The highest BCUT2D eigenvalue weighted by molar-refractivity contribution is 5.94. The van der Waals surface area contributed by atoms with Gasteiger partial charge in [0.15, 0.2) is 23.0 Å². The molecule has 0 saturated heterocycles. The highest BCUT2D eigenvalue weighted by Gasteiger charge is 2.15. The second-order valence-corrected chi connectivity index (χ2v) is 5.51. The standard InChI is InChI=1S/C20H25NO6/c1-6-27-15-8-7-14(11-16(15)23-2)20(22)21-12-13-9-17(24-3)19(26-5)18(10-13)25-4/h7-11H,6,12H2,1-5H3,(H,21,22). The van der Waals surface area contributed by atoms with Gasteiger partial charge in [-0.15, -0.1) is 0 Å². The molecule has 0 heterocycles. The average molecular weight is 375 g/mol. The van der Waals surface area contributed by atoms with Crippen LogP contribution in [0.1, 0.15) is 22.8 Å². The lowest BCUT2D eigenvalue weighted by atomic mass is 10.1. The number of amides is 1. The topological polar surface area (TPSA) is 75.3 Å². The lowest BCUT2D eigenvalue weighted by Crippen LogP contribution is -2.23. The molecule has 2 aromatic rings. The zero-order valence-electron chi connectivity index (χ0n) is 16.3. The average Bonchev–Trinajstić information content (AvgIpc) is 2.71. The Morgan fingerprint density at radius 1 is 0.852 bits per heavy atom. The van der Waals surface area contributed by atoms with Crippen molar-refractivity contribution in [3.63, 3.8) is 0 Å². The summed E-state index contributed by atoms with van der Waals surface area (Å²) in [7, 11) is 6.17. The molecule has 0 bridgehead atoms. The van der Waals surface area contributed by atoms with Gasteiger partial charge >= 0.3 is 0 Å². The second-order valence-electron chi connectivity index (χ2n) is 5.51. The summed E-state index contributed by atoms with van der Waals surface area (Å²) in [6.45, 7) is 2.70. The van der Waals surface area contributed by atoms with E-state index in [1.807, 2.05) is 6.92 Å². The Balaban J connectivity index is 2.15. The van der Waals surface area contributed by atoms with Gasteiger partial charge in [-0.3, -0.25) is 4.79 Å². The van der Waals surface area contributed by atoms with Crippen LogP contribution < -0.4 is 29.0 Å². The van der Waals surface area contributed by atoms with E-state index in [1.165, 1.54) is 7.11 Å². The van der Waals surface area contributed by atoms with E-state index >= 15 is 0 Å². The summed E-state index contributed by atoms with van der Waals surface area (Å²) in [5.41, 5.74) is 1.29. The van der Waals surface area contributed by atoms with E-state index in [4.69, 9.17) is 23.7 Å². The van der Waals surface area contributed by atoms with Crippen molar-refractivity contribution in [3.8, 4) is 28.7 Å². The van der Waals surface area contributed by atoms with Crippen molar-refractivity contribution >= 4 is 5.91 Å². The van der Waals surface area contributed by atoms with Crippen LogP contribution in [0, 0.1) is 0 Å². The summed E-state index contributed by atoms with van der Waals surface area (Å²) >= 11 is 0. The molecule has 0 spiro atoms. The maximum absolute atomic E-state index is 12.5. The normalized spacial score (nSPS) is 10.1. The van der Waals surface area contributed by atoms with Crippen LogP contribution in [-0.2, 0) is 6.54 Å². The van der Waals surface area contributed by atoms with E-state index in [0.717, 1.165) is 5.56 Å². The Morgan fingerprint density at radius 3 is 2.00 bits per heavy atom. The van der Waals surface area contributed by atoms with E-state index in [9.17, 15) is 4.79 Å². The molecule has 1 amide bonds. The quantitative estimate of drug-likeness (QED) is 0.726. The lowest BCUT2D eigenvalue weighted by Gasteiger charge is -2.15. The molecular weight excluding hydrogens is 350 g/mol. The molecule has 0 atom stereocenters. The third-order valence-corrected chi connectivity index (χ3v) is 3.90. The molecule has 0 fully saturated rings. The molecule has 0 aliphatic heterocycles. The molecule has 0 aromatic heterocycles. The molecule has 0 radical (unpaired) electrons. The summed E-state index contributed by atoms with van der Waals surface area (Å²) in [5.74, 6) is 2.45. The van der Waals surface area contributed by atoms with Crippen molar-refractivity contribution in [1.82, 2.24) is 5.32 Å². The van der Waals surface area contributed by atoms with Gasteiger partial charge in [0.1, 0.15) is 0 Å². The minimum atomic E-state index is -0.231. The van der Waals surface area contributed by atoms with Gasteiger partial charge in [-0.05, 0) is 42.8 Å². The summed E-state index contributed by atoms with van der Waals surface area (Å²) in [4.78, 5) is 12.5. The summed E-state index contributed by atoms with van der Waals surface area (Å²) in [5, 5.41) is 2.87. The third kappa shape index (κ3) is 4.75. The molecule has 0 unspecified atom stereocenters. The number of hydrogen-bond donors (Lipinski definition) is 1. The molecule has 1 N–H and O–H groups in total. The lowest BCUT2D eigenvalue weighted by molar-refractivity contribution is 0.0950. The van der Waals surface area contributed by atoms with Crippen molar-refractivity contribution < 1.29 is 28.5 Å². The van der Waals surface area contributed by atoms with Crippen molar-refractivity contribution in [2.24, 2.45) is 0 Å². The second kappa shape index (κ2) is 9.56. The molecule has 7 nitrogen and oxygen atoms in total. The van der Waals surface area contributed by atoms with E-state index in [-0.39, 0.29) is 5.91 Å². The Morgan fingerprint density at radius 2 is 1.48 bits per heavy atom. The van der Waals surface area contributed by atoms with E-state index in [0.29, 0.717) is 47.5 Å². The minimum Gasteiger partial charge on any atom is -0.493 e. The number of methoxy groups -OCH3 is 4.